The molecule has 1 atom stereocenters. The molecule has 0 aliphatic carbocycles. The van der Waals surface area contributed by atoms with Gasteiger partial charge in [-0.1, -0.05) is 18.2 Å². The smallest absolute Gasteiger partial charge is 0.355 e. The largest absolute Gasteiger partial charge is 0.419 e. The van der Waals surface area contributed by atoms with Crippen LogP contribution in [0.4, 0.5) is 24.7 Å². The highest BCUT2D eigenvalue weighted by molar-refractivity contribution is 7.93. The average Bonchev–Trinajstić information content (AvgIpc) is 3.12. The fraction of sp³-hybridized carbons (Fsp3) is 0.421. The summed E-state index contributed by atoms with van der Waals surface area (Å²) >= 11 is 0. The minimum atomic E-state index is -4.54. The third-order valence-corrected chi connectivity index (χ3v) is 7.56. The zero-order chi connectivity index (χ0) is 19.9. The fourth-order valence-electron chi connectivity index (χ4n) is 4.00. The predicted octanol–water partition coefficient (Wildman–Crippen LogP) is 3.46. The van der Waals surface area contributed by atoms with Crippen LogP contribution in [0.15, 0.2) is 42.6 Å². The maximum atomic E-state index is 13.4. The van der Waals surface area contributed by atoms with E-state index in [-0.39, 0.29) is 12.4 Å². The van der Waals surface area contributed by atoms with Crippen molar-refractivity contribution in [3.05, 3.63) is 53.7 Å². The van der Waals surface area contributed by atoms with E-state index in [2.05, 4.69) is 4.98 Å². The first-order chi connectivity index (χ1) is 13.3. The number of anilines is 2. The third kappa shape index (κ3) is 3.32. The molecule has 0 amide bonds. The van der Waals surface area contributed by atoms with E-state index in [4.69, 9.17) is 0 Å². The van der Waals surface area contributed by atoms with Crippen LogP contribution in [0.1, 0.15) is 24.0 Å². The summed E-state index contributed by atoms with van der Waals surface area (Å²) < 4.78 is 68.0. The van der Waals surface area contributed by atoms with Crippen molar-refractivity contribution >= 4 is 21.5 Å². The zero-order valence-corrected chi connectivity index (χ0v) is 15.9. The molecule has 28 heavy (non-hydrogen) atoms. The number of halogens is 3. The maximum absolute atomic E-state index is 13.4. The molecule has 0 N–H and O–H groups in total. The van der Waals surface area contributed by atoms with Crippen molar-refractivity contribution in [1.82, 2.24) is 4.98 Å². The highest BCUT2D eigenvalue weighted by atomic mass is 32.2. The highest BCUT2D eigenvalue weighted by Gasteiger charge is 2.41. The van der Waals surface area contributed by atoms with Crippen molar-refractivity contribution in [2.45, 2.75) is 30.7 Å². The van der Waals surface area contributed by atoms with Gasteiger partial charge in [-0.05, 0) is 43.0 Å². The SMILES string of the molecule is O=S(=O)(C1CCCN(c2ncccc2C(F)(F)F)C1)N1CCc2ccccc21. The van der Waals surface area contributed by atoms with Crippen LogP contribution in [0, 0.1) is 0 Å². The number of sulfonamides is 1. The van der Waals surface area contributed by atoms with E-state index in [1.807, 2.05) is 12.1 Å². The molecule has 4 rings (SSSR count). The molecule has 0 spiro atoms. The lowest BCUT2D eigenvalue weighted by Crippen LogP contribution is -2.48. The normalized spacial score (nSPS) is 20.3. The van der Waals surface area contributed by atoms with Crippen molar-refractivity contribution in [3.63, 3.8) is 0 Å². The number of fused-ring (bicyclic) bond motifs is 1. The Morgan fingerprint density at radius 1 is 1.07 bits per heavy atom. The molecule has 9 heteroatoms. The van der Waals surface area contributed by atoms with E-state index >= 15 is 0 Å². The summed E-state index contributed by atoms with van der Waals surface area (Å²) in [6.07, 6.45) is -1.67. The molecule has 1 unspecified atom stereocenters. The Labute approximate surface area is 161 Å². The van der Waals surface area contributed by atoms with Crippen LogP contribution in [0.5, 0.6) is 0 Å². The minimum Gasteiger partial charge on any atom is -0.355 e. The van der Waals surface area contributed by atoms with Crippen molar-refractivity contribution in [1.29, 1.82) is 0 Å². The second-order valence-electron chi connectivity index (χ2n) is 7.08. The van der Waals surface area contributed by atoms with Crippen LogP contribution in [-0.2, 0) is 22.6 Å². The molecule has 0 saturated carbocycles. The number of piperidine rings is 1. The third-order valence-electron chi connectivity index (χ3n) is 5.34. The molecule has 2 aromatic rings. The molecule has 1 saturated heterocycles. The monoisotopic (exact) mass is 411 g/mol. The summed E-state index contributed by atoms with van der Waals surface area (Å²) in [6, 6.07) is 9.58. The molecule has 3 heterocycles. The molecule has 5 nitrogen and oxygen atoms in total. The Kier molecular flexibility index (Phi) is 4.73. The number of para-hydroxylation sites is 1. The van der Waals surface area contributed by atoms with Gasteiger partial charge in [-0.2, -0.15) is 13.2 Å². The van der Waals surface area contributed by atoms with Crippen LogP contribution < -0.4 is 9.21 Å². The molecule has 0 radical (unpaired) electrons. The minimum absolute atomic E-state index is 0.00108. The Morgan fingerprint density at radius 2 is 1.86 bits per heavy atom. The molecule has 1 aromatic heterocycles. The van der Waals surface area contributed by atoms with Gasteiger partial charge in [0.1, 0.15) is 5.82 Å². The maximum Gasteiger partial charge on any atom is 0.419 e. The van der Waals surface area contributed by atoms with Crippen LogP contribution in [-0.4, -0.2) is 38.3 Å². The number of hydrogen-bond donors (Lipinski definition) is 0. The lowest BCUT2D eigenvalue weighted by molar-refractivity contribution is -0.137. The Hall–Kier alpha value is -2.29. The molecule has 2 aliphatic rings. The van der Waals surface area contributed by atoms with E-state index in [1.54, 1.807) is 12.1 Å². The van der Waals surface area contributed by atoms with Crippen LogP contribution in [0.3, 0.4) is 0 Å². The number of benzene rings is 1. The molecule has 2 aliphatic heterocycles. The van der Waals surface area contributed by atoms with Gasteiger partial charge in [-0.15, -0.1) is 0 Å². The number of nitrogens with zero attached hydrogens (tertiary/aromatic N) is 3. The summed E-state index contributed by atoms with van der Waals surface area (Å²) in [5.74, 6) is -0.197. The molecular formula is C19H20F3N3O2S. The quantitative estimate of drug-likeness (QED) is 0.776. The van der Waals surface area contributed by atoms with Crippen LogP contribution >= 0.6 is 0 Å². The van der Waals surface area contributed by atoms with Gasteiger partial charge in [-0.3, -0.25) is 4.31 Å². The van der Waals surface area contributed by atoms with Gasteiger partial charge in [0.25, 0.3) is 0 Å². The average molecular weight is 411 g/mol. The fourth-order valence-corrected chi connectivity index (χ4v) is 5.99. The van der Waals surface area contributed by atoms with Gasteiger partial charge in [0.15, 0.2) is 0 Å². The molecule has 0 bridgehead atoms. The molecule has 1 aromatic carbocycles. The van der Waals surface area contributed by atoms with E-state index in [1.165, 1.54) is 21.5 Å². The molecule has 1 fully saturated rings. The van der Waals surface area contributed by atoms with E-state index in [9.17, 15) is 21.6 Å². The van der Waals surface area contributed by atoms with E-state index in [0.29, 0.717) is 38.0 Å². The number of aromatic nitrogens is 1. The Bertz CT molecular complexity index is 978. The summed E-state index contributed by atoms with van der Waals surface area (Å²) in [6.45, 7) is 0.722. The van der Waals surface area contributed by atoms with Gasteiger partial charge in [0.2, 0.25) is 10.0 Å². The highest BCUT2D eigenvalue weighted by Crippen LogP contribution is 2.38. The first kappa shape index (κ1) is 19.0. The van der Waals surface area contributed by atoms with Gasteiger partial charge in [-0.25, -0.2) is 13.4 Å². The van der Waals surface area contributed by atoms with Crippen molar-refractivity contribution in [2.75, 3.05) is 28.8 Å². The first-order valence-corrected chi connectivity index (χ1v) is 10.7. The molecular weight excluding hydrogens is 391 g/mol. The molecule has 150 valence electrons. The number of alkyl halides is 3. The van der Waals surface area contributed by atoms with Crippen molar-refractivity contribution in [3.8, 4) is 0 Å². The second-order valence-corrected chi connectivity index (χ2v) is 9.22. The van der Waals surface area contributed by atoms with Crippen LogP contribution in [0.25, 0.3) is 0 Å². The van der Waals surface area contributed by atoms with Gasteiger partial charge < -0.3 is 4.90 Å². The lowest BCUT2D eigenvalue weighted by atomic mass is 10.1. The standard InChI is InChI=1S/C19H20F3N3O2S/c20-19(21,22)16-7-3-10-23-18(16)24-11-4-6-15(13-24)28(26,27)25-12-9-14-5-1-2-8-17(14)25/h1-3,5,7-8,10,15H,4,6,9,11-13H2. The number of pyridine rings is 1. The van der Waals surface area contributed by atoms with Gasteiger partial charge in [0.05, 0.1) is 16.5 Å². The van der Waals surface area contributed by atoms with E-state index in [0.717, 1.165) is 11.6 Å². The summed E-state index contributed by atoms with van der Waals surface area (Å²) in [5.41, 5.74) is 0.816. The van der Waals surface area contributed by atoms with Crippen molar-refractivity contribution in [2.24, 2.45) is 0 Å². The summed E-state index contributed by atoms with van der Waals surface area (Å²) in [4.78, 5) is 5.37. The topological polar surface area (TPSA) is 53.5 Å². The summed E-state index contributed by atoms with van der Waals surface area (Å²) in [5, 5.41) is -0.768. The van der Waals surface area contributed by atoms with E-state index < -0.39 is 27.0 Å². The Balaban J connectivity index is 1.62. The first-order valence-electron chi connectivity index (χ1n) is 9.15. The summed E-state index contributed by atoms with van der Waals surface area (Å²) in [7, 11) is -3.68. The predicted molar refractivity (Wildman–Crippen MR) is 101 cm³/mol. The lowest BCUT2D eigenvalue weighted by Gasteiger charge is -2.36. The van der Waals surface area contributed by atoms with Gasteiger partial charge in [0, 0.05) is 25.8 Å². The zero-order valence-electron chi connectivity index (χ0n) is 15.1. The van der Waals surface area contributed by atoms with Crippen LogP contribution in [0.2, 0.25) is 0 Å². The number of hydrogen-bond acceptors (Lipinski definition) is 4. The Morgan fingerprint density at radius 3 is 2.64 bits per heavy atom. The second kappa shape index (κ2) is 6.95. The van der Waals surface area contributed by atoms with Gasteiger partial charge >= 0.3 is 6.18 Å². The van der Waals surface area contributed by atoms with Crippen molar-refractivity contribution < 1.29 is 21.6 Å². The number of rotatable bonds is 3.